The molecule has 0 saturated heterocycles. The first kappa shape index (κ1) is 13.5. The van der Waals surface area contributed by atoms with E-state index in [1.165, 1.54) is 5.56 Å². The molecule has 0 saturated carbocycles. The van der Waals surface area contributed by atoms with Gasteiger partial charge in [-0.3, -0.25) is 4.79 Å². The highest BCUT2D eigenvalue weighted by atomic mass is 16.1. The van der Waals surface area contributed by atoms with E-state index in [0.717, 1.165) is 11.4 Å². The van der Waals surface area contributed by atoms with Gasteiger partial charge in [0.2, 0.25) is 0 Å². The van der Waals surface area contributed by atoms with Crippen LogP contribution in [0.2, 0.25) is 0 Å². The minimum absolute atomic E-state index is 0.0311. The maximum Gasteiger partial charge on any atom is 0.178 e. The summed E-state index contributed by atoms with van der Waals surface area (Å²) in [5.41, 5.74) is 3.61. The first-order valence-corrected chi connectivity index (χ1v) is 6.47. The van der Waals surface area contributed by atoms with Crippen LogP contribution in [0, 0.1) is 6.92 Å². The minimum Gasteiger partial charge on any atom is -0.293 e. The fourth-order valence-corrected chi connectivity index (χ4v) is 1.88. The fourth-order valence-electron chi connectivity index (χ4n) is 1.88. The molecule has 0 aliphatic carbocycles. The van der Waals surface area contributed by atoms with Crippen molar-refractivity contribution < 1.29 is 4.79 Å². The maximum atomic E-state index is 11.8. The Bertz CT molecular complexity index is 601. The van der Waals surface area contributed by atoms with Gasteiger partial charge in [0, 0.05) is 12.3 Å². The normalized spacial score (nSPS) is 11.6. The van der Waals surface area contributed by atoms with Gasteiger partial charge < -0.3 is 0 Å². The molecule has 1 aromatic heterocycles. The first-order chi connectivity index (χ1) is 8.79. The Morgan fingerprint density at radius 1 is 1.16 bits per heavy atom. The van der Waals surface area contributed by atoms with E-state index in [1.807, 2.05) is 37.3 Å². The van der Waals surface area contributed by atoms with E-state index in [9.17, 15) is 4.79 Å². The van der Waals surface area contributed by atoms with Crippen molar-refractivity contribution in [1.29, 1.82) is 0 Å². The van der Waals surface area contributed by atoms with Gasteiger partial charge in [-0.15, -0.1) is 0 Å². The molecule has 3 heteroatoms. The van der Waals surface area contributed by atoms with Crippen molar-refractivity contribution in [2.45, 2.75) is 40.0 Å². The first-order valence-electron chi connectivity index (χ1n) is 6.47. The molecule has 0 unspecified atom stereocenters. The van der Waals surface area contributed by atoms with Gasteiger partial charge in [-0.05, 0) is 25.1 Å². The van der Waals surface area contributed by atoms with Crippen LogP contribution in [0.3, 0.4) is 0 Å². The van der Waals surface area contributed by atoms with Gasteiger partial charge in [-0.25, -0.2) is 4.68 Å². The van der Waals surface area contributed by atoms with Crippen molar-refractivity contribution in [3.8, 4) is 5.69 Å². The summed E-state index contributed by atoms with van der Waals surface area (Å²) in [5.74, 6) is 0.0311. The molecule has 0 atom stereocenters. The maximum absolute atomic E-state index is 11.8. The lowest BCUT2D eigenvalue weighted by Gasteiger charge is -2.14. The predicted octanol–water partition coefficient (Wildman–Crippen LogP) is 3.68. The monoisotopic (exact) mass is 256 g/mol. The van der Waals surface area contributed by atoms with Gasteiger partial charge in [-0.2, -0.15) is 5.10 Å². The van der Waals surface area contributed by atoms with Crippen molar-refractivity contribution in [3.63, 3.8) is 0 Å². The molecule has 0 N–H and O–H groups in total. The molecule has 1 aromatic carbocycles. The van der Waals surface area contributed by atoms with Crippen LogP contribution < -0.4 is 0 Å². The van der Waals surface area contributed by atoms with E-state index >= 15 is 0 Å². The number of hydrogen-bond donors (Lipinski definition) is 0. The van der Waals surface area contributed by atoms with Crippen LogP contribution in [0.1, 0.15) is 49.4 Å². The zero-order valence-electron chi connectivity index (χ0n) is 12.2. The van der Waals surface area contributed by atoms with Gasteiger partial charge in [0.05, 0.1) is 11.4 Å². The molecule has 1 heterocycles. The molecule has 0 aliphatic rings. The van der Waals surface area contributed by atoms with Crippen molar-refractivity contribution in [2.24, 2.45) is 0 Å². The van der Waals surface area contributed by atoms with Crippen molar-refractivity contribution in [1.82, 2.24) is 9.78 Å². The molecule has 19 heavy (non-hydrogen) atoms. The Morgan fingerprint density at radius 2 is 1.74 bits per heavy atom. The highest BCUT2D eigenvalue weighted by molar-refractivity contribution is 5.93. The third kappa shape index (κ3) is 2.75. The molecule has 2 aromatic rings. The second-order valence-electron chi connectivity index (χ2n) is 5.97. The van der Waals surface area contributed by atoms with E-state index in [2.05, 4.69) is 25.9 Å². The molecule has 0 spiro atoms. The number of benzene rings is 1. The van der Waals surface area contributed by atoms with E-state index in [0.29, 0.717) is 5.69 Å². The third-order valence-electron chi connectivity index (χ3n) is 3.12. The zero-order valence-corrected chi connectivity index (χ0v) is 12.2. The van der Waals surface area contributed by atoms with E-state index < -0.39 is 0 Å². The summed E-state index contributed by atoms with van der Waals surface area (Å²) in [7, 11) is 0. The third-order valence-corrected chi connectivity index (χ3v) is 3.12. The highest BCUT2D eigenvalue weighted by Gasteiger charge is 2.21. The van der Waals surface area contributed by atoms with E-state index in [1.54, 1.807) is 11.6 Å². The molecule has 0 amide bonds. The average molecular weight is 256 g/mol. The lowest BCUT2D eigenvalue weighted by molar-refractivity contribution is 0.101. The SMILES string of the molecule is CC(=O)c1cc(C(C)(C)C)nn1-c1ccc(C)cc1. The van der Waals surface area contributed by atoms with E-state index in [-0.39, 0.29) is 11.2 Å². The summed E-state index contributed by atoms with van der Waals surface area (Å²) in [6.45, 7) is 9.91. The van der Waals surface area contributed by atoms with Crippen molar-refractivity contribution in [2.75, 3.05) is 0 Å². The number of hydrogen-bond acceptors (Lipinski definition) is 2. The van der Waals surface area contributed by atoms with Crippen molar-refractivity contribution >= 4 is 5.78 Å². The van der Waals surface area contributed by atoms with Gasteiger partial charge in [-0.1, -0.05) is 38.5 Å². The average Bonchev–Trinajstić information content (AvgIpc) is 2.74. The van der Waals surface area contributed by atoms with Gasteiger partial charge in [0.15, 0.2) is 5.78 Å². The second-order valence-corrected chi connectivity index (χ2v) is 5.97. The summed E-state index contributed by atoms with van der Waals surface area (Å²) in [5, 5.41) is 4.60. The fraction of sp³-hybridized carbons (Fsp3) is 0.375. The quantitative estimate of drug-likeness (QED) is 0.768. The molecule has 3 nitrogen and oxygen atoms in total. The number of nitrogens with zero attached hydrogens (tertiary/aromatic N) is 2. The lowest BCUT2D eigenvalue weighted by atomic mass is 9.92. The summed E-state index contributed by atoms with van der Waals surface area (Å²) in [4.78, 5) is 11.8. The number of rotatable bonds is 2. The van der Waals surface area contributed by atoms with Crippen LogP contribution >= 0.6 is 0 Å². The number of aryl methyl sites for hydroxylation is 1. The number of Topliss-reactive ketones (excluding diaryl/α,β-unsaturated/α-hetero) is 1. The van der Waals surface area contributed by atoms with Crippen LogP contribution in [0.15, 0.2) is 30.3 Å². The molecule has 0 fully saturated rings. The number of aromatic nitrogens is 2. The molecule has 0 radical (unpaired) electrons. The Hall–Kier alpha value is -1.90. The van der Waals surface area contributed by atoms with Crippen LogP contribution in [0.4, 0.5) is 0 Å². The molecule has 0 bridgehead atoms. The van der Waals surface area contributed by atoms with Crippen LogP contribution in [-0.2, 0) is 5.41 Å². The largest absolute Gasteiger partial charge is 0.293 e. The predicted molar refractivity (Wildman–Crippen MR) is 77.0 cm³/mol. The van der Waals surface area contributed by atoms with Gasteiger partial charge in [0.25, 0.3) is 0 Å². The Morgan fingerprint density at radius 3 is 2.21 bits per heavy atom. The topological polar surface area (TPSA) is 34.9 Å². The summed E-state index contributed by atoms with van der Waals surface area (Å²) < 4.78 is 1.74. The molecular formula is C16H20N2O. The van der Waals surface area contributed by atoms with Crippen LogP contribution in [0.5, 0.6) is 0 Å². The Balaban J connectivity index is 2.58. The standard InChI is InChI=1S/C16H20N2O/c1-11-6-8-13(9-7-11)18-14(12(2)19)10-15(17-18)16(3,4)5/h6-10H,1-5H3. The molecular weight excluding hydrogens is 236 g/mol. The summed E-state index contributed by atoms with van der Waals surface area (Å²) >= 11 is 0. The highest BCUT2D eigenvalue weighted by Crippen LogP contribution is 2.24. The van der Waals surface area contributed by atoms with Gasteiger partial charge in [0.1, 0.15) is 5.69 Å². The lowest BCUT2D eigenvalue weighted by Crippen LogP contribution is -2.12. The van der Waals surface area contributed by atoms with E-state index in [4.69, 9.17) is 0 Å². The van der Waals surface area contributed by atoms with Crippen LogP contribution in [-0.4, -0.2) is 15.6 Å². The van der Waals surface area contributed by atoms with Crippen LogP contribution in [0.25, 0.3) is 5.69 Å². The zero-order chi connectivity index (χ0) is 14.2. The summed E-state index contributed by atoms with van der Waals surface area (Å²) in [6.07, 6.45) is 0. The molecule has 0 aliphatic heterocycles. The second kappa shape index (κ2) is 4.65. The number of ketones is 1. The smallest absolute Gasteiger partial charge is 0.178 e. The number of carbonyl (C=O) groups excluding carboxylic acids is 1. The Kier molecular flexibility index (Phi) is 3.31. The summed E-state index contributed by atoms with van der Waals surface area (Å²) in [6, 6.07) is 9.92. The molecule has 100 valence electrons. The number of carbonyl (C=O) groups is 1. The minimum atomic E-state index is -0.0693. The van der Waals surface area contributed by atoms with Crippen molar-refractivity contribution in [3.05, 3.63) is 47.3 Å². The van der Waals surface area contributed by atoms with Gasteiger partial charge >= 0.3 is 0 Å². The Labute approximate surface area is 114 Å². The molecule has 2 rings (SSSR count).